The van der Waals surface area contributed by atoms with Gasteiger partial charge in [-0.25, -0.2) is 13.1 Å². The second-order valence-electron chi connectivity index (χ2n) is 5.57. The molecule has 108 valence electrons. The second kappa shape index (κ2) is 6.50. The number of rotatable bonds is 7. The Balaban J connectivity index is 2.75. The lowest BCUT2D eigenvalue weighted by Crippen LogP contribution is -2.34. The predicted molar refractivity (Wildman–Crippen MR) is 79.0 cm³/mol. The van der Waals surface area contributed by atoms with Gasteiger partial charge in [-0.1, -0.05) is 45.0 Å². The number of benzene rings is 1. The van der Waals surface area contributed by atoms with E-state index in [2.05, 4.69) is 11.6 Å². The maximum atomic E-state index is 12.1. The average Bonchev–Trinajstić information content (AvgIpc) is 2.37. The Morgan fingerprint density at radius 3 is 2.32 bits per heavy atom. The summed E-state index contributed by atoms with van der Waals surface area (Å²) in [6, 6.07) is 7.37. The molecule has 0 saturated carbocycles. The number of nitrogens with two attached hydrogens (primary N) is 1. The van der Waals surface area contributed by atoms with E-state index in [1.54, 1.807) is 0 Å². The molecule has 0 aliphatic heterocycles. The molecule has 1 aromatic carbocycles. The summed E-state index contributed by atoms with van der Waals surface area (Å²) in [6.45, 7) is 6.95. The van der Waals surface area contributed by atoms with Gasteiger partial charge in [0.15, 0.2) is 0 Å². The van der Waals surface area contributed by atoms with Crippen LogP contribution in [0.1, 0.15) is 38.3 Å². The van der Waals surface area contributed by atoms with Gasteiger partial charge in [-0.3, -0.25) is 0 Å². The summed E-state index contributed by atoms with van der Waals surface area (Å²) in [7, 11) is -3.32. The molecular weight excluding hydrogens is 260 g/mol. The summed E-state index contributed by atoms with van der Waals surface area (Å²) in [5.41, 5.74) is 7.24. The summed E-state index contributed by atoms with van der Waals surface area (Å²) in [5, 5.41) is 0. The Bertz CT molecular complexity index is 510. The van der Waals surface area contributed by atoms with Crippen LogP contribution >= 0.6 is 0 Å². The third-order valence-corrected chi connectivity index (χ3v) is 4.69. The first kappa shape index (κ1) is 16.1. The third-order valence-electron chi connectivity index (χ3n) is 3.41. The molecule has 0 fully saturated rings. The van der Waals surface area contributed by atoms with Crippen molar-refractivity contribution in [2.45, 2.75) is 39.5 Å². The lowest BCUT2D eigenvalue weighted by Gasteiger charge is -2.23. The van der Waals surface area contributed by atoms with E-state index >= 15 is 0 Å². The minimum Gasteiger partial charge on any atom is -0.326 e. The van der Waals surface area contributed by atoms with Gasteiger partial charge in [0.2, 0.25) is 10.0 Å². The van der Waals surface area contributed by atoms with Gasteiger partial charge < -0.3 is 5.73 Å². The van der Waals surface area contributed by atoms with Gasteiger partial charge in [0.05, 0.1) is 5.75 Å². The van der Waals surface area contributed by atoms with Crippen LogP contribution in [-0.2, 0) is 22.3 Å². The van der Waals surface area contributed by atoms with Gasteiger partial charge >= 0.3 is 0 Å². The maximum Gasteiger partial charge on any atom is 0.215 e. The third kappa shape index (κ3) is 5.30. The van der Waals surface area contributed by atoms with E-state index in [9.17, 15) is 8.42 Å². The monoisotopic (exact) mass is 284 g/mol. The number of hydrogen-bond acceptors (Lipinski definition) is 3. The molecule has 4 nitrogen and oxygen atoms in total. The normalized spacial score (nSPS) is 12.6. The molecule has 0 bridgehead atoms. The van der Waals surface area contributed by atoms with Crippen molar-refractivity contribution in [1.82, 2.24) is 4.72 Å². The first-order valence-electron chi connectivity index (χ1n) is 6.54. The van der Waals surface area contributed by atoms with Crippen LogP contribution in [0.3, 0.4) is 0 Å². The highest BCUT2D eigenvalue weighted by Crippen LogP contribution is 2.19. The zero-order valence-electron chi connectivity index (χ0n) is 11.9. The second-order valence-corrected chi connectivity index (χ2v) is 7.38. The van der Waals surface area contributed by atoms with Crippen molar-refractivity contribution in [2.75, 3.05) is 6.54 Å². The first-order chi connectivity index (χ1) is 8.79. The molecule has 0 spiro atoms. The summed E-state index contributed by atoms with van der Waals surface area (Å²) in [6.07, 6.45) is 0.926. The van der Waals surface area contributed by atoms with Crippen LogP contribution in [0.4, 0.5) is 0 Å². The first-order valence-corrected chi connectivity index (χ1v) is 8.19. The zero-order chi connectivity index (χ0) is 14.5. The fourth-order valence-corrected chi connectivity index (χ4v) is 2.99. The highest BCUT2D eigenvalue weighted by atomic mass is 32.2. The largest absolute Gasteiger partial charge is 0.326 e. The van der Waals surface area contributed by atoms with Gasteiger partial charge in [-0.05, 0) is 23.0 Å². The average molecular weight is 284 g/mol. The van der Waals surface area contributed by atoms with E-state index in [1.165, 1.54) is 0 Å². The Labute approximate surface area is 116 Å². The molecule has 0 radical (unpaired) electrons. The minimum absolute atomic E-state index is 0.0137. The summed E-state index contributed by atoms with van der Waals surface area (Å²) >= 11 is 0. The smallest absolute Gasteiger partial charge is 0.215 e. The van der Waals surface area contributed by atoms with Crippen LogP contribution in [0.15, 0.2) is 24.3 Å². The molecule has 19 heavy (non-hydrogen) atoms. The molecule has 0 unspecified atom stereocenters. The lowest BCUT2D eigenvalue weighted by atomic mass is 9.91. The van der Waals surface area contributed by atoms with Crippen molar-refractivity contribution in [3.63, 3.8) is 0 Å². The summed E-state index contributed by atoms with van der Waals surface area (Å²) in [5.74, 6) is -0.0137. The Hall–Kier alpha value is -0.910. The van der Waals surface area contributed by atoms with Crippen LogP contribution in [0, 0.1) is 5.41 Å². The molecule has 0 aliphatic rings. The molecule has 0 aromatic heterocycles. The van der Waals surface area contributed by atoms with E-state index in [4.69, 9.17) is 5.73 Å². The van der Waals surface area contributed by atoms with Crippen LogP contribution in [0.5, 0.6) is 0 Å². The zero-order valence-corrected chi connectivity index (χ0v) is 12.8. The van der Waals surface area contributed by atoms with Crippen molar-refractivity contribution >= 4 is 10.0 Å². The van der Waals surface area contributed by atoms with E-state index in [-0.39, 0.29) is 11.2 Å². The van der Waals surface area contributed by atoms with Gasteiger partial charge in [0.25, 0.3) is 0 Å². The van der Waals surface area contributed by atoms with Gasteiger partial charge in [0.1, 0.15) is 0 Å². The van der Waals surface area contributed by atoms with Crippen molar-refractivity contribution in [3.05, 3.63) is 35.4 Å². The SMILES string of the molecule is CCC(C)(C)CNS(=O)(=O)Cc1ccccc1CN. The van der Waals surface area contributed by atoms with Crippen molar-refractivity contribution in [3.8, 4) is 0 Å². The van der Waals surface area contributed by atoms with Crippen LogP contribution in [0.2, 0.25) is 0 Å². The number of hydrogen-bond donors (Lipinski definition) is 2. The quantitative estimate of drug-likeness (QED) is 0.804. The van der Waals surface area contributed by atoms with Crippen LogP contribution in [-0.4, -0.2) is 15.0 Å². The molecule has 5 heteroatoms. The number of sulfonamides is 1. The van der Waals surface area contributed by atoms with Gasteiger partial charge in [0, 0.05) is 13.1 Å². The molecule has 0 saturated heterocycles. The molecule has 0 aliphatic carbocycles. The maximum absolute atomic E-state index is 12.1. The van der Waals surface area contributed by atoms with Gasteiger partial charge in [-0.15, -0.1) is 0 Å². The van der Waals surface area contributed by atoms with Crippen molar-refractivity contribution < 1.29 is 8.42 Å². The standard InChI is InChI=1S/C14H24N2O2S/c1-4-14(2,3)11-16-19(17,18)10-13-8-6-5-7-12(13)9-15/h5-8,16H,4,9-11,15H2,1-3H3. The molecule has 3 N–H and O–H groups in total. The van der Waals surface area contributed by atoms with E-state index in [0.29, 0.717) is 13.1 Å². The molecule has 0 amide bonds. The number of nitrogens with one attached hydrogen (secondary N) is 1. The Morgan fingerprint density at radius 1 is 1.21 bits per heavy atom. The molecule has 1 rings (SSSR count). The van der Waals surface area contributed by atoms with Crippen molar-refractivity contribution in [2.24, 2.45) is 11.1 Å². The summed E-state index contributed by atoms with van der Waals surface area (Å²) in [4.78, 5) is 0. The van der Waals surface area contributed by atoms with Gasteiger partial charge in [-0.2, -0.15) is 0 Å². The highest BCUT2D eigenvalue weighted by molar-refractivity contribution is 7.88. The fraction of sp³-hybridized carbons (Fsp3) is 0.571. The molecule has 0 atom stereocenters. The Morgan fingerprint density at radius 2 is 1.79 bits per heavy atom. The highest BCUT2D eigenvalue weighted by Gasteiger charge is 2.20. The van der Waals surface area contributed by atoms with Crippen LogP contribution < -0.4 is 10.5 Å². The Kier molecular flexibility index (Phi) is 5.52. The van der Waals surface area contributed by atoms with E-state index in [0.717, 1.165) is 17.5 Å². The predicted octanol–water partition coefficient (Wildman–Crippen LogP) is 2.00. The van der Waals surface area contributed by atoms with E-state index in [1.807, 2.05) is 38.1 Å². The molecule has 1 aromatic rings. The molecule has 0 heterocycles. The van der Waals surface area contributed by atoms with Crippen molar-refractivity contribution in [1.29, 1.82) is 0 Å². The lowest BCUT2D eigenvalue weighted by molar-refractivity contribution is 0.350. The van der Waals surface area contributed by atoms with Crippen LogP contribution in [0.25, 0.3) is 0 Å². The minimum atomic E-state index is -3.32. The van der Waals surface area contributed by atoms with E-state index < -0.39 is 10.0 Å². The summed E-state index contributed by atoms with van der Waals surface area (Å²) < 4.78 is 26.8. The fourth-order valence-electron chi connectivity index (χ4n) is 1.58. The molecular formula is C14H24N2O2S. The topological polar surface area (TPSA) is 72.2 Å².